The summed E-state index contributed by atoms with van der Waals surface area (Å²) in [5.41, 5.74) is 0.560. The number of nitrogens with zero attached hydrogens (tertiary/aromatic N) is 2. The molecule has 0 saturated carbocycles. The van der Waals surface area contributed by atoms with Crippen LogP contribution < -0.4 is 0 Å². The van der Waals surface area contributed by atoms with Gasteiger partial charge in [0.15, 0.2) is 0 Å². The summed E-state index contributed by atoms with van der Waals surface area (Å²) < 4.78 is 0. The van der Waals surface area contributed by atoms with Crippen molar-refractivity contribution in [2.24, 2.45) is 11.8 Å². The van der Waals surface area contributed by atoms with Crippen LogP contribution in [0.25, 0.3) is 0 Å². The van der Waals surface area contributed by atoms with Crippen molar-refractivity contribution in [3.8, 4) is 0 Å². The molecule has 2 amide bonds. The Balaban J connectivity index is 1.63. The van der Waals surface area contributed by atoms with Crippen LogP contribution in [0.1, 0.15) is 29.6 Å². The maximum absolute atomic E-state index is 12.7. The maximum atomic E-state index is 12.7. The van der Waals surface area contributed by atoms with Gasteiger partial charge in [0, 0.05) is 36.8 Å². The van der Waals surface area contributed by atoms with Gasteiger partial charge in [-0.05, 0) is 43.5 Å². The van der Waals surface area contributed by atoms with Crippen molar-refractivity contribution in [1.82, 2.24) is 9.80 Å². The van der Waals surface area contributed by atoms with Gasteiger partial charge < -0.3 is 14.9 Å². The minimum atomic E-state index is -0.849. The van der Waals surface area contributed by atoms with E-state index in [0.29, 0.717) is 36.6 Å². The van der Waals surface area contributed by atoms with Gasteiger partial charge in [0.05, 0.1) is 11.8 Å². The second-order valence-corrected chi connectivity index (χ2v) is 7.14. The number of hydrogen-bond donors (Lipinski definition) is 1. The Labute approximate surface area is 151 Å². The average Bonchev–Trinajstić information content (AvgIpc) is 3.12. The number of carboxylic acid groups (broad SMARTS) is 1. The molecule has 0 bridgehead atoms. The van der Waals surface area contributed by atoms with Gasteiger partial charge in [-0.2, -0.15) is 0 Å². The Kier molecular flexibility index (Phi) is 5.27. The van der Waals surface area contributed by atoms with E-state index in [1.807, 2.05) is 0 Å². The highest BCUT2D eigenvalue weighted by Gasteiger charge is 2.36. The fourth-order valence-electron chi connectivity index (χ4n) is 3.56. The molecule has 134 valence electrons. The van der Waals surface area contributed by atoms with E-state index in [-0.39, 0.29) is 24.3 Å². The first kappa shape index (κ1) is 17.7. The highest BCUT2D eigenvalue weighted by atomic mass is 35.5. The fourth-order valence-corrected chi connectivity index (χ4v) is 3.68. The molecule has 2 saturated heterocycles. The second-order valence-electron chi connectivity index (χ2n) is 6.71. The summed E-state index contributed by atoms with van der Waals surface area (Å²) in [7, 11) is 0. The molecule has 7 heteroatoms. The highest BCUT2D eigenvalue weighted by molar-refractivity contribution is 6.30. The van der Waals surface area contributed by atoms with E-state index in [1.54, 1.807) is 34.1 Å². The third-order valence-electron chi connectivity index (χ3n) is 5.00. The minimum Gasteiger partial charge on any atom is -0.481 e. The molecule has 1 aromatic rings. The molecule has 0 radical (unpaired) electrons. The molecule has 1 N–H and O–H groups in total. The van der Waals surface area contributed by atoms with Crippen molar-refractivity contribution in [1.29, 1.82) is 0 Å². The molecule has 2 heterocycles. The number of carbonyl (C=O) groups is 3. The molecule has 0 aliphatic carbocycles. The summed E-state index contributed by atoms with van der Waals surface area (Å²) >= 11 is 5.86. The van der Waals surface area contributed by atoms with E-state index in [9.17, 15) is 14.4 Å². The lowest BCUT2D eigenvalue weighted by Crippen LogP contribution is -2.46. The molecular weight excluding hydrogens is 344 g/mol. The van der Waals surface area contributed by atoms with E-state index in [2.05, 4.69) is 0 Å². The standard InChI is InChI=1S/C18H21ClN2O4/c19-15-5-3-12(4-6-15)16(22)20-8-1-2-13(10-20)17(23)21-9-7-14(11-21)18(24)25/h3-6,13-14H,1-2,7-11H2,(H,24,25). The van der Waals surface area contributed by atoms with E-state index in [1.165, 1.54) is 0 Å². The van der Waals surface area contributed by atoms with Gasteiger partial charge in [-0.15, -0.1) is 0 Å². The van der Waals surface area contributed by atoms with Crippen LogP contribution in [0, 0.1) is 11.8 Å². The van der Waals surface area contributed by atoms with Gasteiger partial charge >= 0.3 is 5.97 Å². The summed E-state index contributed by atoms with van der Waals surface area (Å²) in [6.45, 7) is 1.77. The summed E-state index contributed by atoms with van der Waals surface area (Å²) in [6.07, 6.45) is 2.00. The van der Waals surface area contributed by atoms with Crippen LogP contribution >= 0.6 is 11.6 Å². The molecule has 0 aromatic heterocycles. The van der Waals surface area contributed by atoms with Crippen molar-refractivity contribution < 1.29 is 19.5 Å². The van der Waals surface area contributed by atoms with Gasteiger partial charge in [-0.3, -0.25) is 14.4 Å². The van der Waals surface area contributed by atoms with Crippen molar-refractivity contribution in [3.05, 3.63) is 34.9 Å². The molecule has 1 aromatic carbocycles. The van der Waals surface area contributed by atoms with Gasteiger partial charge in [0.25, 0.3) is 5.91 Å². The van der Waals surface area contributed by atoms with Crippen LogP contribution in [0.3, 0.4) is 0 Å². The summed E-state index contributed by atoms with van der Waals surface area (Å²) in [5, 5.41) is 9.66. The summed E-state index contributed by atoms with van der Waals surface area (Å²) in [5.74, 6) is -1.70. The van der Waals surface area contributed by atoms with Crippen LogP contribution in [0.15, 0.2) is 24.3 Å². The Morgan fingerprint density at radius 3 is 2.28 bits per heavy atom. The topological polar surface area (TPSA) is 77.9 Å². The Morgan fingerprint density at radius 1 is 0.960 bits per heavy atom. The molecule has 2 atom stereocenters. The minimum absolute atomic E-state index is 0.0302. The SMILES string of the molecule is O=C(O)C1CCN(C(=O)C2CCCN(C(=O)c3ccc(Cl)cc3)C2)C1. The largest absolute Gasteiger partial charge is 0.481 e. The number of aliphatic carboxylic acids is 1. The number of carbonyl (C=O) groups excluding carboxylic acids is 2. The molecule has 2 aliphatic heterocycles. The number of piperidine rings is 1. The third kappa shape index (κ3) is 3.95. The smallest absolute Gasteiger partial charge is 0.308 e. The molecule has 0 spiro atoms. The van der Waals surface area contributed by atoms with Gasteiger partial charge in [-0.25, -0.2) is 0 Å². The number of benzene rings is 1. The van der Waals surface area contributed by atoms with E-state index in [4.69, 9.17) is 16.7 Å². The fraction of sp³-hybridized carbons (Fsp3) is 0.500. The van der Waals surface area contributed by atoms with Gasteiger partial charge in [0.1, 0.15) is 0 Å². The third-order valence-corrected chi connectivity index (χ3v) is 5.25. The first-order valence-corrected chi connectivity index (χ1v) is 8.90. The van der Waals surface area contributed by atoms with E-state index >= 15 is 0 Å². The maximum Gasteiger partial charge on any atom is 0.308 e. The van der Waals surface area contributed by atoms with Gasteiger partial charge in [-0.1, -0.05) is 11.6 Å². The van der Waals surface area contributed by atoms with Crippen LogP contribution in [0.5, 0.6) is 0 Å². The van der Waals surface area contributed by atoms with E-state index < -0.39 is 11.9 Å². The molecule has 2 fully saturated rings. The predicted molar refractivity (Wildman–Crippen MR) is 92.4 cm³/mol. The molecular formula is C18H21ClN2O4. The number of amides is 2. The molecule has 3 rings (SSSR count). The van der Waals surface area contributed by atoms with Crippen molar-refractivity contribution in [2.75, 3.05) is 26.2 Å². The van der Waals surface area contributed by atoms with Crippen LogP contribution in [-0.2, 0) is 9.59 Å². The Hall–Kier alpha value is -2.08. The summed E-state index contributed by atoms with van der Waals surface area (Å²) in [6, 6.07) is 6.73. The Bertz CT molecular complexity index is 676. The number of hydrogen-bond acceptors (Lipinski definition) is 3. The van der Waals surface area contributed by atoms with Crippen LogP contribution in [-0.4, -0.2) is 58.9 Å². The predicted octanol–water partition coefficient (Wildman–Crippen LogP) is 2.13. The lowest BCUT2D eigenvalue weighted by molar-refractivity contribution is -0.141. The zero-order valence-corrected chi connectivity index (χ0v) is 14.6. The quantitative estimate of drug-likeness (QED) is 0.891. The first-order valence-electron chi connectivity index (χ1n) is 8.52. The zero-order chi connectivity index (χ0) is 18.0. The van der Waals surface area contributed by atoms with Crippen molar-refractivity contribution in [2.45, 2.75) is 19.3 Å². The molecule has 2 aliphatic rings. The van der Waals surface area contributed by atoms with Crippen LogP contribution in [0.2, 0.25) is 5.02 Å². The van der Waals surface area contributed by atoms with Crippen molar-refractivity contribution in [3.63, 3.8) is 0 Å². The number of carboxylic acids is 1. The number of likely N-dealkylation sites (tertiary alicyclic amines) is 2. The molecule has 2 unspecified atom stereocenters. The average molecular weight is 365 g/mol. The second kappa shape index (κ2) is 7.44. The van der Waals surface area contributed by atoms with E-state index in [0.717, 1.165) is 12.8 Å². The highest BCUT2D eigenvalue weighted by Crippen LogP contribution is 2.25. The number of rotatable bonds is 3. The molecule has 6 nitrogen and oxygen atoms in total. The monoisotopic (exact) mass is 364 g/mol. The van der Waals surface area contributed by atoms with Crippen molar-refractivity contribution >= 4 is 29.4 Å². The normalized spacial score (nSPS) is 23.6. The lowest BCUT2D eigenvalue weighted by atomic mass is 9.96. The lowest BCUT2D eigenvalue weighted by Gasteiger charge is -2.34. The zero-order valence-electron chi connectivity index (χ0n) is 13.9. The first-order chi connectivity index (χ1) is 12.0. The molecule has 25 heavy (non-hydrogen) atoms. The summed E-state index contributed by atoms with van der Waals surface area (Å²) in [4.78, 5) is 39.7. The van der Waals surface area contributed by atoms with Gasteiger partial charge in [0.2, 0.25) is 5.91 Å². The number of halogens is 1. The van der Waals surface area contributed by atoms with Crippen LogP contribution in [0.4, 0.5) is 0 Å². The Morgan fingerprint density at radius 2 is 1.64 bits per heavy atom.